The number of imide groups is 1. The maximum atomic E-state index is 11.3. The Hall–Kier alpha value is -1.24. The molecule has 7 heteroatoms. The molecule has 18 heavy (non-hydrogen) atoms. The minimum absolute atomic E-state index is 0.165. The summed E-state index contributed by atoms with van der Waals surface area (Å²) in [6.45, 7) is 6.05. The summed E-state index contributed by atoms with van der Waals surface area (Å²) in [7, 11) is 0. The summed E-state index contributed by atoms with van der Waals surface area (Å²) in [4.78, 5) is 35.0. The summed E-state index contributed by atoms with van der Waals surface area (Å²) in [6, 6.07) is 0. The van der Waals surface area contributed by atoms with Crippen molar-refractivity contribution in [3.05, 3.63) is 0 Å². The number of hydrogen-bond acceptors (Lipinski definition) is 5. The fourth-order valence-corrected chi connectivity index (χ4v) is 2.09. The number of hydrogen-bond donors (Lipinski definition) is 1. The van der Waals surface area contributed by atoms with Gasteiger partial charge in [0.05, 0.1) is 5.75 Å². The molecule has 1 fully saturated rings. The first kappa shape index (κ1) is 14.8. The van der Waals surface area contributed by atoms with Crippen molar-refractivity contribution in [2.45, 2.75) is 32.8 Å². The molecule has 1 saturated heterocycles. The van der Waals surface area contributed by atoms with Gasteiger partial charge in [0, 0.05) is 13.1 Å². The van der Waals surface area contributed by atoms with Gasteiger partial charge in [-0.15, -0.1) is 0 Å². The summed E-state index contributed by atoms with van der Waals surface area (Å²) in [5.41, 5.74) is -0.526. The van der Waals surface area contributed by atoms with E-state index < -0.39 is 11.7 Å². The van der Waals surface area contributed by atoms with Crippen molar-refractivity contribution in [2.24, 2.45) is 0 Å². The van der Waals surface area contributed by atoms with Crippen molar-refractivity contribution in [3.63, 3.8) is 0 Å². The third kappa shape index (κ3) is 4.95. The molecule has 0 aromatic carbocycles. The molecular weight excluding hydrogens is 256 g/mol. The highest BCUT2D eigenvalue weighted by molar-refractivity contribution is 8.14. The molecule has 1 rings (SSSR count). The predicted molar refractivity (Wildman–Crippen MR) is 68.4 cm³/mol. The third-order valence-electron chi connectivity index (χ3n) is 2.07. The minimum atomic E-state index is -0.526. The zero-order valence-corrected chi connectivity index (χ0v) is 11.6. The van der Waals surface area contributed by atoms with Gasteiger partial charge in [0.15, 0.2) is 0 Å². The highest BCUT2D eigenvalue weighted by Gasteiger charge is 2.29. The molecule has 0 aliphatic carbocycles. The number of carbonyl (C=O) groups is 3. The molecule has 0 unspecified atom stereocenters. The van der Waals surface area contributed by atoms with Crippen LogP contribution >= 0.6 is 11.8 Å². The van der Waals surface area contributed by atoms with Crippen LogP contribution in [0.1, 0.15) is 27.2 Å². The monoisotopic (exact) mass is 274 g/mol. The smallest absolute Gasteiger partial charge is 0.407 e. The quantitative estimate of drug-likeness (QED) is 0.788. The van der Waals surface area contributed by atoms with Crippen LogP contribution < -0.4 is 5.32 Å². The van der Waals surface area contributed by atoms with Gasteiger partial charge in [-0.05, 0) is 27.2 Å². The lowest BCUT2D eigenvalue weighted by Gasteiger charge is -2.20. The second-order valence-electron chi connectivity index (χ2n) is 4.88. The minimum Gasteiger partial charge on any atom is -0.444 e. The number of amides is 3. The Balaban J connectivity index is 2.17. The number of rotatable bonds is 4. The van der Waals surface area contributed by atoms with E-state index in [0.717, 1.165) is 11.8 Å². The van der Waals surface area contributed by atoms with E-state index in [2.05, 4.69) is 5.32 Å². The molecule has 1 N–H and O–H groups in total. The Labute approximate surface area is 110 Å². The maximum absolute atomic E-state index is 11.3. The fraction of sp³-hybridized carbons (Fsp3) is 0.727. The van der Waals surface area contributed by atoms with E-state index in [0.29, 0.717) is 19.5 Å². The summed E-state index contributed by atoms with van der Waals surface area (Å²) >= 11 is 1.01. The molecule has 0 aromatic heterocycles. The molecule has 0 saturated carbocycles. The third-order valence-corrected chi connectivity index (χ3v) is 2.93. The van der Waals surface area contributed by atoms with Gasteiger partial charge in [0.1, 0.15) is 5.60 Å². The van der Waals surface area contributed by atoms with Crippen molar-refractivity contribution in [3.8, 4) is 0 Å². The van der Waals surface area contributed by atoms with Crippen LogP contribution in [0, 0.1) is 0 Å². The first-order chi connectivity index (χ1) is 8.29. The van der Waals surface area contributed by atoms with Crippen LogP contribution in [0.25, 0.3) is 0 Å². The fourth-order valence-electron chi connectivity index (χ4n) is 1.34. The van der Waals surface area contributed by atoms with E-state index >= 15 is 0 Å². The first-order valence-corrected chi connectivity index (χ1v) is 6.72. The Morgan fingerprint density at radius 3 is 2.61 bits per heavy atom. The van der Waals surface area contributed by atoms with Gasteiger partial charge in [-0.1, -0.05) is 11.8 Å². The van der Waals surface area contributed by atoms with Gasteiger partial charge >= 0.3 is 6.09 Å². The predicted octanol–water partition coefficient (Wildman–Crippen LogP) is 1.60. The first-order valence-electron chi connectivity index (χ1n) is 5.73. The molecule has 1 aliphatic heterocycles. The zero-order chi connectivity index (χ0) is 13.8. The Kier molecular flexibility index (Phi) is 5.01. The largest absolute Gasteiger partial charge is 0.444 e. The molecule has 3 amide bonds. The zero-order valence-electron chi connectivity index (χ0n) is 10.8. The van der Waals surface area contributed by atoms with Gasteiger partial charge in [0.25, 0.3) is 5.24 Å². The lowest BCUT2D eigenvalue weighted by atomic mass is 10.2. The van der Waals surface area contributed by atoms with E-state index in [1.165, 1.54) is 4.90 Å². The number of carbonyl (C=O) groups excluding carboxylic acids is 3. The topological polar surface area (TPSA) is 75.7 Å². The number of alkyl carbamates (subject to hydrolysis) is 1. The Bertz CT molecular complexity index is 335. The summed E-state index contributed by atoms with van der Waals surface area (Å²) in [5, 5.41) is 2.36. The average molecular weight is 274 g/mol. The van der Waals surface area contributed by atoms with Crippen molar-refractivity contribution >= 4 is 29.0 Å². The van der Waals surface area contributed by atoms with Crippen molar-refractivity contribution in [2.75, 3.05) is 18.8 Å². The number of nitrogens with one attached hydrogen (secondary N) is 1. The second-order valence-corrected chi connectivity index (χ2v) is 5.81. The SMILES string of the molecule is CC(C)(C)OC(=O)NCCCN1C(=O)CSC1=O. The Morgan fingerprint density at radius 2 is 2.11 bits per heavy atom. The molecule has 1 heterocycles. The molecule has 102 valence electrons. The van der Waals surface area contributed by atoms with Crippen LogP contribution in [-0.4, -0.2) is 46.6 Å². The molecule has 0 bridgehead atoms. The van der Waals surface area contributed by atoms with Crippen LogP contribution in [-0.2, 0) is 9.53 Å². The second kappa shape index (κ2) is 6.08. The van der Waals surface area contributed by atoms with Crippen molar-refractivity contribution in [1.82, 2.24) is 10.2 Å². The van der Waals surface area contributed by atoms with E-state index in [-0.39, 0.29) is 16.9 Å². The van der Waals surface area contributed by atoms with E-state index in [1.807, 2.05) is 0 Å². The molecule has 0 aromatic rings. The van der Waals surface area contributed by atoms with E-state index in [9.17, 15) is 14.4 Å². The lowest BCUT2D eigenvalue weighted by molar-refractivity contribution is -0.124. The van der Waals surface area contributed by atoms with Crippen molar-refractivity contribution < 1.29 is 19.1 Å². The normalized spacial score (nSPS) is 16.1. The molecule has 1 aliphatic rings. The summed E-state index contributed by atoms with van der Waals surface area (Å²) in [5.74, 6) is 0.0560. The van der Waals surface area contributed by atoms with Gasteiger partial charge in [-0.3, -0.25) is 14.5 Å². The molecule has 0 radical (unpaired) electrons. The van der Waals surface area contributed by atoms with E-state index in [1.54, 1.807) is 20.8 Å². The van der Waals surface area contributed by atoms with Crippen LogP contribution in [0.2, 0.25) is 0 Å². The van der Waals surface area contributed by atoms with Gasteiger partial charge in [-0.2, -0.15) is 0 Å². The maximum Gasteiger partial charge on any atom is 0.407 e. The average Bonchev–Trinajstić information content (AvgIpc) is 2.52. The highest BCUT2D eigenvalue weighted by Crippen LogP contribution is 2.18. The number of thioether (sulfide) groups is 1. The summed E-state index contributed by atoms with van der Waals surface area (Å²) < 4.78 is 5.05. The molecule has 0 atom stereocenters. The van der Waals surface area contributed by atoms with Gasteiger partial charge in [-0.25, -0.2) is 4.79 Å². The van der Waals surface area contributed by atoms with Gasteiger partial charge in [0.2, 0.25) is 5.91 Å². The number of ether oxygens (including phenoxy) is 1. The lowest BCUT2D eigenvalue weighted by Crippen LogP contribution is -2.35. The number of nitrogens with zero attached hydrogens (tertiary/aromatic N) is 1. The van der Waals surface area contributed by atoms with Crippen LogP contribution in [0.5, 0.6) is 0 Å². The van der Waals surface area contributed by atoms with E-state index in [4.69, 9.17) is 4.74 Å². The highest BCUT2D eigenvalue weighted by atomic mass is 32.2. The molecule has 0 spiro atoms. The van der Waals surface area contributed by atoms with Crippen LogP contribution in [0.3, 0.4) is 0 Å². The Morgan fingerprint density at radius 1 is 1.44 bits per heavy atom. The van der Waals surface area contributed by atoms with Crippen LogP contribution in [0.4, 0.5) is 9.59 Å². The van der Waals surface area contributed by atoms with Gasteiger partial charge < -0.3 is 10.1 Å². The van der Waals surface area contributed by atoms with Crippen molar-refractivity contribution in [1.29, 1.82) is 0 Å². The standard InChI is InChI=1S/C11H18N2O4S/c1-11(2,3)17-9(15)12-5-4-6-13-8(14)7-18-10(13)16/h4-7H2,1-3H3,(H,12,15). The summed E-state index contributed by atoms with van der Waals surface area (Å²) in [6.07, 6.45) is 0.0352. The molecule has 6 nitrogen and oxygen atoms in total. The molecular formula is C11H18N2O4S. The van der Waals surface area contributed by atoms with Crippen LogP contribution in [0.15, 0.2) is 0 Å².